The second kappa shape index (κ2) is 6.45. The molecule has 0 aliphatic heterocycles. The van der Waals surface area contributed by atoms with Crippen LogP contribution in [0.25, 0.3) is 0 Å². The minimum Gasteiger partial charge on any atom is -0.327 e. The van der Waals surface area contributed by atoms with Gasteiger partial charge in [0.25, 0.3) is 0 Å². The van der Waals surface area contributed by atoms with Gasteiger partial charge in [0.05, 0.1) is 5.25 Å². The molecular weight excluding hydrogens is 281 g/mol. The summed E-state index contributed by atoms with van der Waals surface area (Å²) in [6.07, 6.45) is 0.819. The first-order valence-electron chi connectivity index (χ1n) is 6.10. The van der Waals surface area contributed by atoms with Crippen LogP contribution in [-0.2, 0) is 6.42 Å². The standard InChI is InChI=1S/C13H16FN3S2/c1-3-11-16-13(19-17-11)18-12(8(2)15)9-5-4-6-10(14)7-9/h4-8,12H,3,15H2,1-2H3. The highest BCUT2D eigenvalue weighted by Gasteiger charge is 2.20. The molecule has 0 fully saturated rings. The summed E-state index contributed by atoms with van der Waals surface area (Å²) in [6.45, 7) is 3.94. The first-order valence-corrected chi connectivity index (χ1v) is 7.75. The normalized spacial score (nSPS) is 14.3. The number of aromatic nitrogens is 2. The molecule has 2 atom stereocenters. The maximum atomic E-state index is 13.3. The van der Waals surface area contributed by atoms with Gasteiger partial charge in [0.15, 0.2) is 4.34 Å². The van der Waals surface area contributed by atoms with Crippen LogP contribution in [0.4, 0.5) is 4.39 Å². The van der Waals surface area contributed by atoms with E-state index in [9.17, 15) is 4.39 Å². The smallest absolute Gasteiger partial charge is 0.170 e. The van der Waals surface area contributed by atoms with E-state index in [2.05, 4.69) is 9.36 Å². The van der Waals surface area contributed by atoms with Crippen LogP contribution in [0, 0.1) is 5.82 Å². The van der Waals surface area contributed by atoms with E-state index in [1.54, 1.807) is 17.8 Å². The van der Waals surface area contributed by atoms with E-state index in [1.807, 2.05) is 19.9 Å². The van der Waals surface area contributed by atoms with Crippen molar-refractivity contribution in [3.05, 3.63) is 41.5 Å². The zero-order chi connectivity index (χ0) is 13.8. The second-order valence-corrected chi connectivity index (χ2v) is 6.42. The lowest BCUT2D eigenvalue weighted by atomic mass is 10.1. The fraction of sp³-hybridized carbons (Fsp3) is 0.385. The number of nitrogens with zero attached hydrogens (tertiary/aromatic N) is 2. The fourth-order valence-electron chi connectivity index (χ4n) is 1.70. The van der Waals surface area contributed by atoms with Crippen LogP contribution < -0.4 is 5.73 Å². The van der Waals surface area contributed by atoms with E-state index in [4.69, 9.17) is 5.73 Å². The summed E-state index contributed by atoms with van der Waals surface area (Å²) in [7, 11) is 0. The molecule has 0 aliphatic carbocycles. The zero-order valence-corrected chi connectivity index (χ0v) is 12.5. The Morgan fingerprint density at radius 2 is 2.26 bits per heavy atom. The highest BCUT2D eigenvalue weighted by Crippen LogP contribution is 2.38. The Labute approximate surface area is 120 Å². The van der Waals surface area contributed by atoms with Gasteiger partial charge in [0.2, 0.25) is 0 Å². The average molecular weight is 297 g/mol. The molecule has 0 aliphatic rings. The first kappa shape index (κ1) is 14.4. The van der Waals surface area contributed by atoms with E-state index in [1.165, 1.54) is 23.7 Å². The SMILES string of the molecule is CCc1nsc(SC(c2cccc(F)c2)C(C)N)n1. The van der Waals surface area contributed by atoms with Crippen LogP contribution >= 0.6 is 23.3 Å². The van der Waals surface area contributed by atoms with Crippen molar-refractivity contribution in [2.45, 2.75) is 35.9 Å². The molecule has 3 nitrogen and oxygen atoms in total. The second-order valence-electron chi connectivity index (χ2n) is 4.28. The molecule has 0 amide bonds. The monoisotopic (exact) mass is 297 g/mol. The molecule has 19 heavy (non-hydrogen) atoms. The van der Waals surface area contributed by atoms with Crippen molar-refractivity contribution < 1.29 is 4.39 Å². The summed E-state index contributed by atoms with van der Waals surface area (Å²) in [5, 5.41) is -0.0200. The van der Waals surface area contributed by atoms with Crippen LogP contribution in [0.5, 0.6) is 0 Å². The third kappa shape index (κ3) is 3.75. The Morgan fingerprint density at radius 1 is 1.47 bits per heavy atom. The molecule has 102 valence electrons. The Hall–Kier alpha value is -0.980. The highest BCUT2D eigenvalue weighted by atomic mass is 32.2. The lowest BCUT2D eigenvalue weighted by Gasteiger charge is -2.19. The summed E-state index contributed by atoms with van der Waals surface area (Å²) in [6, 6.07) is 6.47. The van der Waals surface area contributed by atoms with Crippen molar-refractivity contribution in [2.75, 3.05) is 0 Å². The molecule has 2 N–H and O–H groups in total. The summed E-state index contributed by atoms with van der Waals surface area (Å²) < 4.78 is 18.4. The molecule has 0 bridgehead atoms. The van der Waals surface area contributed by atoms with Crippen molar-refractivity contribution in [3.63, 3.8) is 0 Å². The van der Waals surface area contributed by atoms with Gasteiger partial charge in [-0.05, 0) is 36.2 Å². The predicted octanol–water partition coefficient (Wildman–Crippen LogP) is 3.42. The molecular formula is C13H16FN3S2. The molecule has 0 spiro atoms. The van der Waals surface area contributed by atoms with E-state index in [0.717, 1.165) is 22.1 Å². The molecule has 2 unspecified atom stereocenters. The third-order valence-electron chi connectivity index (χ3n) is 2.65. The third-order valence-corrected chi connectivity index (χ3v) is 4.96. The van der Waals surface area contributed by atoms with Crippen LogP contribution in [-0.4, -0.2) is 15.4 Å². The van der Waals surface area contributed by atoms with E-state index < -0.39 is 0 Å². The number of hydrogen-bond donors (Lipinski definition) is 1. The fourth-order valence-corrected chi connectivity index (χ4v) is 3.67. The van der Waals surface area contributed by atoms with Gasteiger partial charge in [-0.15, -0.1) is 0 Å². The molecule has 2 aromatic rings. The van der Waals surface area contributed by atoms with Gasteiger partial charge in [-0.25, -0.2) is 9.37 Å². The first-order chi connectivity index (χ1) is 9.10. The molecule has 1 aromatic heterocycles. The van der Waals surface area contributed by atoms with E-state index >= 15 is 0 Å². The summed E-state index contributed by atoms with van der Waals surface area (Å²) in [4.78, 5) is 4.42. The Balaban J connectivity index is 2.21. The van der Waals surface area contributed by atoms with E-state index in [-0.39, 0.29) is 17.1 Å². The van der Waals surface area contributed by atoms with Crippen molar-refractivity contribution in [2.24, 2.45) is 5.73 Å². The minimum atomic E-state index is -0.240. The van der Waals surface area contributed by atoms with Crippen molar-refractivity contribution in [3.8, 4) is 0 Å². The Kier molecular flexibility index (Phi) is 4.90. The van der Waals surface area contributed by atoms with Crippen LogP contribution in [0.15, 0.2) is 28.6 Å². The number of aryl methyl sites for hydroxylation is 1. The van der Waals surface area contributed by atoms with Gasteiger partial charge in [-0.3, -0.25) is 0 Å². The zero-order valence-electron chi connectivity index (χ0n) is 10.8. The van der Waals surface area contributed by atoms with Crippen molar-refractivity contribution in [1.29, 1.82) is 0 Å². The maximum absolute atomic E-state index is 13.3. The lowest BCUT2D eigenvalue weighted by molar-refractivity contribution is 0.622. The van der Waals surface area contributed by atoms with Crippen LogP contribution in [0.2, 0.25) is 0 Å². The molecule has 1 aromatic carbocycles. The van der Waals surface area contributed by atoms with Crippen molar-refractivity contribution in [1.82, 2.24) is 9.36 Å². The maximum Gasteiger partial charge on any atom is 0.170 e. The molecule has 0 saturated heterocycles. The largest absolute Gasteiger partial charge is 0.327 e. The quantitative estimate of drug-likeness (QED) is 0.859. The van der Waals surface area contributed by atoms with Crippen LogP contribution in [0.3, 0.4) is 0 Å². The number of thioether (sulfide) groups is 1. The molecule has 2 rings (SSSR count). The number of rotatable bonds is 5. The number of benzene rings is 1. The number of halogens is 1. The van der Waals surface area contributed by atoms with E-state index in [0.29, 0.717) is 0 Å². The average Bonchev–Trinajstić information content (AvgIpc) is 2.83. The summed E-state index contributed by atoms with van der Waals surface area (Å²) in [5.41, 5.74) is 6.90. The van der Waals surface area contributed by atoms with Crippen LogP contribution in [0.1, 0.15) is 30.5 Å². The van der Waals surface area contributed by atoms with Gasteiger partial charge in [-0.2, -0.15) is 4.37 Å². The molecule has 0 saturated carbocycles. The van der Waals surface area contributed by atoms with Gasteiger partial charge in [0.1, 0.15) is 11.6 Å². The molecule has 6 heteroatoms. The Bertz CT molecular complexity index is 542. The number of hydrogen-bond acceptors (Lipinski definition) is 5. The van der Waals surface area contributed by atoms with Crippen molar-refractivity contribution >= 4 is 23.3 Å². The van der Waals surface area contributed by atoms with Gasteiger partial charge in [-0.1, -0.05) is 30.8 Å². The topological polar surface area (TPSA) is 51.8 Å². The van der Waals surface area contributed by atoms with Gasteiger partial charge >= 0.3 is 0 Å². The lowest BCUT2D eigenvalue weighted by Crippen LogP contribution is -2.22. The minimum absolute atomic E-state index is 0.0200. The predicted molar refractivity (Wildman–Crippen MR) is 77.9 cm³/mol. The Morgan fingerprint density at radius 3 is 2.84 bits per heavy atom. The molecule has 0 radical (unpaired) electrons. The highest BCUT2D eigenvalue weighted by molar-refractivity contribution is 8.01. The number of nitrogens with two attached hydrogens (primary N) is 1. The van der Waals surface area contributed by atoms with Gasteiger partial charge in [0, 0.05) is 12.5 Å². The summed E-state index contributed by atoms with van der Waals surface area (Å²) in [5.74, 6) is 0.602. The molecule has 1 heterocycles. The van der Waals surface area contributed by atoms with Gasteiger partial charge < -0.3 is 5.73 Å². The summed E-state index contributed by atoms with van der Waals surface area (Å²) >= 11 is 2.92.